The van der Waals surface area contributed by atoms with E-state index in [0.717, 1.165) is 0 Å². The van der Waals surface area contributed by atoms with Gasteiger partial charge in [0.1, 0.15) is 0 Å². The number of hydrogen-bond donors (Lipinski definition) is 3. The second-order valence-corrected chi connectivity index (χ2v) is 3.47. The van der Waals surface area contributed by atoms with Crippen molar-refractivity contribution < 1.29 is 14.6 Å². The van der Waals surface area contributed by atoms with Crippen molar-refractivity contribution in [3.05, 3.63) is 23.3 Å². The fourth-order valence-electron chi connectivity index (χ4n) is 1.69. The summed E-state index contributed by atoms with van der Waals surface area (Å²) in [4.78, 5) is 10.9. The SMILES string of the molecule is CCC(OC)c1c(N)ccc(C(=O)O)c1N. The van der Waals surface area contributed by atoms with E-state index in [0.29, 0.717) is 17.7 Å². The van der Waals surface area contributed by atoms with Gasteiger partial charge in [-0.15, -0.1) is 0 Å². The summed E-state index contributed by atoms with van der Waals surface area (Å²) in [5, 5.41) is 8.95. The monoisotopic (exact) mass is 224 g/mol. The van der Waals surface area contributed by atoms with E-state index in [2.05, 4.69) is 0 Å². The van der Waals surface area contributed by atoms with Crippen LogP contribution in [-0.4, -0.2) is 18.2 Å². The number of aromatic carboxylic acids is 1. The standard InChI is InChI=1S/C11H16N2O3/c1-3-8(16-2)9-7(12)5-4-6(10(9)13)11(14)15/h4-5,8H,3,12-13H2,1-2H3,(H,14,15). The van der Waals surface area contributed by atoms with Crippen molar-refractivity contribution in [2.75, 3.05) is 18.6 Å². The summed E-state index contributed by atoms with van der Waals surface area (Å²) < 4.78 is 5.23. The molecule has 0 aliphatic rings. The lowest BCUT2D eigenvalue weighted by Gasteiger charge is -2.19. The summed E-state index contributed by atoms with van der Waals surface area (Å²) in [5.41, 5.74) is 12.8. The molecule has 0 amide bonds. The summed E-state index contributed by atoms with van der Waals surface area (Å²) in [7, 11) is 1.54. The third kappa shape index (κ3) is 2.09. The van der Waals surface area contributed by atoms with Gasteiger partial charge in [0.2, 0.25) is 0 Å². The molecule has 5 nitrogen and oxygen atoms in total. The number of anilines is 2. The number of nitrogen functional groups attached to an aromatic ring is 2. The van der Waals surface area contributed by atoms with Gasteiger partial charge in [0.15, 0.2) is 0 Å². The van der Waals surface area contributed by atoms with Crippen LogP contribution in [0.5, 0.6) is 0 Å². The average Bonchev–Trinajstić information content (AvgIpc) is 2.23. The van der Waals surface area contributed by atoms with Gasteiger partial charge in [-0.05, 0) is 18.6 Å². The van der Waals surface area contributed by atoms with Crippen LogP contribution in [0.3, 0.4) is 0 Å². The van der Waals surface area contributed by atoms with Crippen LogP contribution in [0.15, 0.2) is 12.1 Å². The van der Waals surface area contributed by atoms with E-state index in [1.165, 1.54) is 12.1 Å². The zero-order valence-corrected chi connectivity index (χ0v) is 9.36. The maximum atomic E-state index is 10.9. The van der Waals surface area contributed by atoms with E-state index in [1.54, 1.807) is 7.11 Å². The molecule has 0 fully saturated rings. The van der Waals surface area contributed by atoms with Gasteiger partial charge in [0, 0.05) is 18.4 Å². The van der Waals surface area contributed by atoms with Crippen molar-refractivity contribution in [1.29, 1.82) is 0 Å². The normalized spacial score (nSPS) is 12.4. The molecule has 0 heterocycles. The largest absolute Gasteiger partial charge is 0.478 e. The van der Waals surface area contributed by atoms with Crippen molar-refractivity contribution in [3.8, 4) is 0 Å². The van der Waals surface area contributed by atoms with Crippen LogP contribution in [0.25, 0.3) is 0 Å². The van der Waals surface area contributed by atoms with Crippen LogP contribution >= 0.6 is 0 Å². The molecule has 1 aromatic rings. The Labute approximate surface area is 94.0 Å². The second-order valence-electron chi connectivity index (χ2n) is 3.47. The Hall–Kier alpha value is -1.75. The Morgan fingerprint density at radius 3 is 2.56 bits per heavy atom. The molecule has 0 aliphatic carbocycles. The number of rotatable bonds is 4. The molecule has 0 bridgehead atoms. The zero-order chi connectivity index (χ0) is 12.3. The first-order valence-electron chi connectivity index (χ1n) is 4.96. The van der Waals surface area contributed by atoms with Crippen molar-refractivity contribution in [2.24, 2.45) is 0 Å². The van der Waals surface area contributed by atoms with Gasteiger partial charge in [-0.25, -0.2) is 4.79 Å². The molecule has 1 rings (SSSR count). The van der Waals surface area contributed by atoms with E-state index in [4.69, 9.17) is 21.3 Å². The summed E-state index contributed by atoms with van der Waals surface area (Å²) >= 11 is 0. The van der Waals surface area contributed by atoms with Gasteiger partial charge < -0.3 is 21.3 Å². The Kier molecular flexibility index (Phi) is 3.73. The Morgan fingerprint density at radius 2 is 2.12 bits per heavy atom. The van der Waals surface area contributed by atoms with Gasteiger partial charge in [0.05, 0.1) is 17.4 Å². The number of carboxylic acid groups (broad SMARTS) is 1. The Balaban J connectivity index is 3.36. The third-order valence-corrected chi connectivity index (χ3v) is 2.53. The van der Waals surface area contributed by atoms with Gasteiger partial charge in [-0.2, -0.15) is 0 Å². The molecule has 0 aromatic heterocycles. The Morgan fingerprint density at radius 1 is 1.50 bits per heavy atom. The zero-order valence-electron chi connectivity index (χ0n) is 9.36. The van der Waals surface area contributed by atoms with Crippen LogP contribution in [0.1, 0.15) is 35.4 Å². The van der Waals surface area contributed by atoms with Crippen molar-refractivity contribution in [2.45, 2.75) is 19.4 Å². The number of carboxylic acids is 1. The first-order chi connectivity index (χ1) is 7.52. The van der Waals surface area contributed by atoms with Crippen LogP contribution < -0.4 is 11.5 Å². The highest BCUT2D eigenvalue weighted by Crippen LogP contribution is 2.33. The van der Waals surface area contributed by atoms with Crippen LogP contribution in [0.4, 0.5) is 11.4 Å². The minimum atomic E-state index is -1.07. The summed E-state index contributed by atoms with van der Waals surface area (Å²) in [6.45, 7) is 1.92. The van der Waals surface area contributed by atoms with Gasteiger partial charge in [-0.1, -0.05) is 6.92 Å². The highest BCUT2D eigenvalue weighted by atomic mass is 16.5. The molecule has 0 saturated heterocycles. The molecule has 0 radical (unpaired) electrons. The topological polar surface area (TPSA) is 98.6 Å². The van der Waals surface area contributed by atoms with Gasteiger partial charge in [0.25, 0.3) is 0 Å². The lowest BCUT2D eigenvalue weighted by molar-refractivity contribution is 0.0697. The van der Waals surface area contributed by atoms with Crippen LogP contribution in [-0.2, 0) is 4.74 Å². The number of benzene rings is 1. The molecular weight excluding hydrogens is 208 g/mol. The molecule has 5 heteroatoms. The summed E-state index contributed by atoms with van der Waals surface area (Å²) in [5.74, 6) is -1.07. The molecule has 1 unspecified atom stereocenters. The first kappa shape index (κ1) is 12.3. The van der Waals surface area contributed by atoms with Crippen molar-refractivity contribution in [3.63, 3.8) is 0 Å². The summed E-state index contributed by atoms with van der Waals surface area (Å²) in [6.07, 6.45) is 0.396. The van der Waals surface area contributed by atoms with Crippen molar-refractivity contribution in [1.82, 2.24) is 0 Å². The number of carbonyl (C=O) groups is 1. The molecular formula is C11H16N2O3. The first-order valence-corrected chi connectivity index (χ1v) is 4.96. The number of methoxy groups -OCH3 is 1. The molecule has 88 valence electrons. The smallest absolute Gasteiger partial charge is 0.337 e. The van der Waals surface area contributed by atoms with E-state index in [1.807, 2.05) is 6.92 Å². The van der Waals surface area contributed by atoms with Crippen LogP contribution in [0.2, 0.25) is 0 Å². The molecule has 0 aliphatic heterocycles. The molecule has 5 N–H and O–H groups in total. The van der Waals surface area contributed by atoms with E-state index >= 15 is 0 Å². The fraction of sp³-hybridized carbons (Fsp3) is 0.364. The quantitative estimate of drug-likeness (QED) is 0.675. The highest BCUT2D eigenvalue weighted by Gasteiger charge is 2.20. The van der Waals surface area contributed by atoms with E-state index < -0.39 is 5.97 Å². The Bertz CT molecular complexity index is 400. The van der Waals surface area contributed by atoms with Crippen molar-refractivity contribution >= 4 is 17.3 Å². The lowest BCUT2D eigenvalue weighted by atomic mass is 9.99. The molecule has 0 spiro atoms. The average molecular weight is 224 g/mol. The number of hydrogen-bond acceptors (Lipinski definition) is 4. The second kappa shape index (κ2) is 4.85. The van der Waals surface area contributed by atoms with E-state index in [-0.39, 0.29) is 17.4 Å². The maximum absolute atomic E-state index is 10.9. The molecule has 0 saturated carbocycles. The lowest BCUT2D eigenvalue weighted by Crippen LogP contribution is -2.12. The minimum Gasteiger partial charge on any atom is -0.478 e. The predicted octanol–water partition coefficient (Wildman–Crippen LogP) is 1.65. The fourth-order valence-corrected chi connectivity index (χ4v) is 1.69. The summed E-state index contributed by atoms with van der Waals surface area (Å²) in [6, 6.07) is 2.94. The van der Waals surface area contributed by atoms with Gasteiger partial charge in [-0.3, -0.25) is 0 Å². The molecule has 16 heavy (non-hydrogen) atoms. The molecule has 1 atom stereocenters. The maximum Gasteiger partial charge on any atom is 0.337 e. The highest BCUT2D eigenvalue weighted by molar-refractivity contribution is 5.95. The van der Waals surface area contributed by atoms with E-state index in [9.17, 15) is 4.79 Å². The van der Waals surface area contributed by atoms with Gasteiger partial charge >= 0.3 is 5.97 Å². The number of nitrogens with two attached hydrogens (primary N) is 2. The third-order valence-electron chi connectivity index (χ3n) is 2.53. The van der Waals surface area contributed by atoms with Crippen LogP contribution in [0, 0.1) is 0 Å². The minimum absolute atomic E-state index is 0.0553. The predicted molar refractivity (Wildman–Crippen MR) is 62.3 cm³/mol. The molecule has 1 aromatic carbocycles. The number of ether oxygens (including phenoxy) is 1.